The maximum atomic E-state index is 12.9. The summed E-state index contributed by atoms with van der Waals surface area (Å²) in [5.41, 5.74) is -0.287. The molecule has 0 radical (unpaired) electrons. The third-order valence-corrected chi connectivity index (χ3v) is 6.46. The lowest BCUT2D eigenvalue weighted by atomic mass is 10.2. The molecular formula is C15H21ClN4O5S. The van der Waals surface area contributed by atoms with Crippen LogP contribution >= 0.6 is 12.4 Å². The van der Waals surface area contributed by atoms with E-state index in [9.17, 15) is 23.3 Å². The van der Waals surface area contributed by atoms with Crippen LogP contribution in [-0.4, -0.2) is 67.2 Å². The van der Waals surface area contributed by atoms with Gasteiger partial charge in [-0.1, -0.05) is 6.07 Å². The summed E-state index contributed by atoms with van der Waals surface area (Å²) in [4.78, 5) is 24.6. The van der Waals surface area contributed by atoms with Crippen LogP contribution in [0.4, 0.5) is 5.69 Å². The molecule has 2 saturated heterocycles. The van der Waals surface area contributed by atoms with Crippen LogP contribution in [0.2, 0.25) is 0 Å². The maximum Gasteiger partial charge on any atom is 0.270 e. The molecule has 1 atom stereocenters. The van der Waals surface area contributed by atoms with Gasteiger partial charge in [0.1, 0.15) is 6.04 Å². The second-order valence-corrected chi connectivity index (χ2v) is 7.99. The second-order valence-electron chi connectivity index (χ2n) is 6.10. The Balaban J connectivity index is 0.00000243. The van der Waals surface area contributed by atoms with Gasteiger partial charge in [0, 0.05) is 44.9 Å². The predicted molar refractivity (Wildman–Crippen MR) is 96.7 cm³/mol. The molecule has 2 aliphatic rings. The highest BCUT2D eigenvalue weighted by Gasteiger charge is 2.41. The molecule has 0 saturated carbocycles. The van der Waals surface area contributed by atoms with E-state index in [1.165, 1.54) is 22.5 Å². The number of carbonyl (C=O) groups excluding carboxylic acids is 1. The van der Waals surface area contributed by atoms with Gasteiger partial charge in [0.05, 0.1) is 9.82 Å². The molecule has 9 nitrogen and oxygen atoms in total. The van der Waals surface area contributed by atoms with Crippen LogP contribution in [0, 0.1) is 10.1 Å². The smallest absolute Gasteiger partial charge is 0.270 e. The summed E-state index contributed by atoms with van der Waals surface area (Å²) in [6.45, 7) is 2.74. The van der Waals surface area contributed by atoms with Crippen molar-refractivity contribution >= 4 is 34.0 Å². The molecule has 1 aromatic carbocycles. The minimum atomic E-state index is -3.96. The molecule has 26 heavy (non-hydrogen) atoms. The van der Waals surface area contributed by atoms with Crippen molar-refractivity contribution in [3.63, 3.8) is 0 Å². The molecule has 144 valence electrons. The molecule has 1 aromatic rings. The fraction of sp³-hybridized carbons (Fsp3) is 0.533. The predicted octanol–water partition coefficient (Wildman–Crippen LogP) is 0.601. The lowest BCUT2D eigenvalue weighted by Gasteiger charge is -2.32. The number of nitro groups is 1. The van der Waals surface area contributed by atoms with Crippen molar-refractivity contribution in [2.75, 3.05) is 32.7 Å². The Bertz CT molecular complexity index is 782. The normalized spacial score (nSPS) is 21.2. The highest BCUT2D eigenvalue weighted by atomic mass is 35.5. The van der Waals surface area contributed by atoms with Crippen molar-refractivity contribution in [1.29, 1.82) is 0 Å². The van der Waals surface area contributed by atoms with E-state index in [1.54, 1.807) is 4.90 Å². The van der Waals surface area contributed by atoms with E-state index in [0.717, 1.165) is 6.07 Å². The third kappa shape index (κ3) is 3.98. The quantitative estimate of drug-likeness (QED) is 0.580. The summed E-state index contributed by atoms with van der Waals surface area (Å²) < 4.78 is 27.0. The minimum Gasteiger partial charge on any atom is -0.339 e. The molecule has 1 N–H and O–H groups in total. The average molecular weight is 405 g/mol. The van der Waals surface area contributed by atoms with E-state index >= 15 is 0 Å². The lowest BCUT2D eigenvalue weighted by molar-refractivity contribution is -0.385. The van der Waals surface area contributed by atoms with Crippen LogP contribution in [0.25, 0.3) is 0 Å². The summed E-state index contributed by atoms with van der Waals surface area (Å²) in [6, 6.07) is 4.22. The first-order valence-corrected chi connectivity index (χ1v) is 9.61. The van der Waals surface area contributed by atoms with Gasteiger partial charge in [-0.05, 0) is 18.9 Å². The van der Waals surface area contributed by atoms with Gasteiger partial charge in [-0.15, -0.1) is 12.4 Å². The molecule has 1 amide bonds. The van der Waals surface area contributed by atoms with Gasteiger partial charge in [0.25, 0.3) is 5.69 Å². The van der Waals surface area contributed by atoms with Crippen molar-refractivity contribution < 1.29 is 18.1 Å². The lowest BCUT2D eigenvalue weighted by Crippen LogP contribution is -2.53. The highest BCUT2D eigenvalue weighted by molar-refractivity contribution is 7.89. The van der Waals surface area contributed by atoms with Crippen LogP contribution in [-0.2, 0) is 14.8 Å². The van der Waals surface area contributed by atoms with Crippen molar-refractivity contribution in [3.8, 4) is 0 Å². The van der Waals surface area contributed by atoms with Crippen molar-refractivity contribution in [3.05, 3.63) is 34.4 Å². The van der Waals surface area contributed by atoms with Gasteiger partial charge in [0.15, 0.2) is 0 Å². The summed E-state index contributed by atoms with van der Waals surface area (Å²) in [6.07, 6.45) is 1.06. The SMILES string of the molecule is Cl.O=C(C1CCCN1S(=O)(=O)c1cccc([N+](=O)[O-])c1)N1CCNCC1. The van der Waals surface area contributed by atoms with Gasteiger partial charge in [-0.2, -0.15) is 4.31 Å². The molecule has 0 bridgehead atoms. The molecule has 11 heteroatoms. The van der Waals surface area contributed by atoms with Gasteiger partial charge in [-0.3, -0.25) is 14.9 Å². The topological polar surface area (TPSA) is 113 Å². The van der Waals surface area contributed by atoms with Crippen LogP contribution < -0.4 is 5.32 Å². The molecule has 0 spiro atoms. The zero-order valence-electron chi connectivity index (χ0n) is 14.0. The number of rotatable bonds is 4. The number of sulfonamides is 1. The summed E-state index contributed by atoms with van der Waals surface area (Å²) in [7, 11) is -3.96. The van der Waals surface area contributed by atoms with Gasteiger partial charge >= 0.3 is 0 Å². The van der Waals surface area contributed by atoms with Crippen LogP contribution in [0.5, 0.6) is 0 Å². The fourth-order valence-corrected chi connectivity index (χ4v) is 4.95. The zero-order valence-corrected chi connectivity index (χ0v) is 15.7. The Hall–Kier alpha value is -1.75. The van der Waals surface area contributed by atoms with Gasteiger partial charge in [-0.25, -0.2) is 8.42 Å². The Labute approximate surface area is 158 Å². The van der Waals surface area contributed by atoms with Crippen molar-refractivity contribution in [1.82, 2.24) is 14.5 Å². The largest absolute Gasteiger partial charge is 0.339 e. The number of nitrogens with one attached hydrogen (secondary N) is 1. The first-order valence-electron chi connectivity index (χ1n) is 8.17. The van der Waals surface area contributed by atoms with E-state index in [0.29, 0.717) is 39.0 Å². The zero-order chi connectivity index (χ0) is 18.0. The monoisotopic (exact) mass is 404 g/mol. The number of nitrogens with zero attached hydrogens (tertiary/aromatic N) is 3. The number of hydrogen-bond acceptors (Lipinski definition) is 6. The van der Waals surface area contributed by atoms with Crippen LogP contribution in [0.3, 0.4) is 0 Å². The van der Waals surface area contributed by atoms with E-state index in [-0.39, 0.29) is 35.4 Å². The first kappa shape index (κ1) is 20.6. The standard InChI is InChI=1S/C15H20N4O5S.ClH/c20-15(17-9-6-16-7-10-17)14-5-2-8-18(14)25(23,24)13-4-1-3-12(11-13)19(21)22;/h1,3-4,11,14,16H,2,5-10H2;1H. The Morgan fingerprint density at radius 1 is 1.23 bits per heavy atom. The molecule has 2 aliphatic heterocycles. The van der Waals surface area contributed by atoms with E-state index in [2.05, 4.69) is 5.32 Å². The molecule has 2 fully saturated rings. The third-order valence-electron chi connectivity index (χ3n) is 4.55. The maximum absolute atomic E-state index is 12.9. The van der Waals surface area contributed by atoms with Crippen molar-refractivity contribution in [2.45, 2.75) is 23.8 Å². The number of amides is 1. The minimum absolute atomic E-state index is 0. The number of nitro benzene ring substituents is 1. The molecule has 2 heterocycles. The summed E-state index contributed by atoms with van der Waals surface area (Å²) >= 11 is 0. The molecule has 3 rings (SSSR count). The second kappa shape index (κ2) is 8.30. The first-order chi connectivity index (χ1) is 11.9. The Morgan fingerprint density at radius 2 is 1.92 bits per heavy atom. The molecule has 1 unspecified atom stereocenters. The van der Waals surface area contributed by atoms with Crippen molar-refractivity contribution in [2.24, 2.45) is 0 Å². The van der Waals surface area contributed by atoms with Crippen LogP contribution in [0.1, 0.15) is 12.8 Å². The summed E-state index contributed by atoms with van der Waals surface area (Å²) in [5, 5.41) is 14.1. The van der Waals surface area contributed by atoms with Gasteiger partial charge in [0.2, 0.25) is 15.9 Å². The van der Waals surface area contributed by atoms with Gasteiger partial charge < -0.3 is 10.2 Å². The Morgan fingerprint density at radius 3 is 2.58 bits per heavy atom. The van der Waals surface area contributed by atoms with E-state index in [4.69, 9.17) is 0 Å². The average Bonchev–Trinajstić information content (AvgIpc) is 3.12. The number of halogens is 1. The molecular weight excluding hydrogens is 384 g/mol. The Kier molecular flexibility index (Phi) is 6.56. The summed E-state index contributed by atoms with van der Waals surface area (Å²) in [5.74, 6) is -0.187. The number of carbonyl (C=O) groups is 1. The number of benzene rings is 1. The fourth-order valence-electron chi connectivity index (χ4n) is 3.26. The number of non-ortho nitro benzene ring substituents is 1. The van der Waals surface area contributed by atoms with Crippen LogP contribution in [0.15, 0.2) is 29.2 Å². The molecule has 0 aromatic heterocycles. The highest BCUT2D eigenvalue weighted by Crippen LogP contribution is 2.29. The molecule has 0 aliphatic carbocycles. The van der Waals surface area contributed by atoms with E-state index in [1.807, 2.05) is 0 Å². The van der Waals surface area contributed by atoms with E-state index < -0.39 is 21.0 Å². The number of hydrogen-bond donors (Lipinski definition) is 1. The number of piperazine rings is 1.